The molecule has 4 heteroatoms. The molecular formula is C17H16FN3. The minimum Gasteiger partial charge on any atom is -0.269 e. The van der Waals surface area contributed by atoms with Crippen molar-refractivity contribution in [3.8, 4) is 11.3 Å². The number of aromatic nitrogens is 3. The molecule has 4 rings (SSSR count). The smallest absolute Gasteiger partial charge is 0.140 e. The molecule has 0 bridgehead atoms. The fraction of sp³-hybridized carbons (Fsp3) is 0.294. The molecule has 0 unspecified atom stereocenters. The Balaban J connectivity index is 1.77. The van der Waals surface area contributed by atoms with Gasteiger partial charge in [0, 0.05) is 34.9 Å². The van der Waals surface area contributed by atoms with Crippen LogP contribution < -0.4 is 0 Å². The van der Waals surface area contributed by atoms with Gasteiger partial charge in [-0.05, 0) is 31.0 Å². The molecule has 3 nitrogen and oxygen atoms in total. The van der Waals surface area contributed by atoms with Crippen molar-refractivity contribution in [1.29, 1.82) is 0 Å². The van der Waals surface area contributed by atoms with E-state index in [4.69, 9.17) is 0 Å². The van der Waals surface area contributed by atoms with E-state index in [0.717, 1.165) is 5.39 Å². The van der Waals surface area contributed by atoms with E-state index < -0.39 is 0 Å². The summed E-state index contributed by atoms with van der Waals surface area (Å²) < 4.78 is 16.7. The number of rotatable bonds is 2. The van der Waals surface area contributed by atoms with Crippen LogP contribution in [0.4, 0.5) is 4.39 Å². The molecule has 1 aliphatic carbocycles. The van der Waals surface area contributed by atoms with Crippen LogP contribution >= 0.6 is 0 Å². The van der Waals surface area contributed by atoms with Gasteiger partial charge < -0.3 is 0 Å². The summed E-state index contributed by atoms with van der Waals surface area (Å²) in [5, 5.41) is 6.00. The lowest BCUT2D eigenvalue weighted by Gasteiger charge is -2.09. The van der Waals surface area contributed by atoms with Crippen LogP contribution in [0.5, 0.6) is 0 Å². The Kier molecular flexibility index (Phi) is 2.95. The number of pyridine rings is 1. The van der Waals surface area contributed by atoms with Gasteiger partial charge in [0.25, 0.3) is 0 Å². The van der Waals surface area contributed by atoms with Crippen molar-refractivity contribution in [3.05, 3.63) is 48.7 Å². The molecule has 0 radical (unpaired) electrons. The molecule has 0 amide bonds. The summed E-state index contributed by atoms with van der Waals surface area (Å²) in [6.07, 6.45) is 10.1. The molecule has 0 spiro atoms. The molecule has 1 aliphatic rings. The third-order valence-electron chi connectivity index (χ3n) is 4.34. The van der Waals surface area contributed by atoms with Gasteiger partial charge in [-0.15, -0.1) is 0 Å². The second-order valence-electron chi connectivity index (χ2n) is 5.64. The van der Waals surface area contributed by atoms with Gasteiger partial charge >= 0.3 is 0 Å². The van der Waals surface area contributed by atoms with E-state index in [1.165, 1.54) is 25.7 Å². The van der Waals surface area contributed by atoms with E-state index in [9.17, 15) is 4.39 Å². The van der Waals surface area contributed by atoms with Gasteiger partial charge in [0.15, 0.2) is 0 Å². The summed E-state index contributed by atoms with van der Waals surface area (Å²) in [6, 6.07) is 7.79. The molecule has 21 heavy (non-hydrogen) atoms. The first-order valence-electron chi connectivity index (χ1n) is 7.41. The Hall–Kier alpha value is -2.23. The standard InChI is InChI=1S/C17H16FN3/c18-17-14-7-9-19-11-12(14)5-6-15(17)16-8-10-21(20-16)13-3-1-2-4-13/h5-11,13H,1-4H2. The van der Waals surface area contributed by atoms with E-state index in [-0.39, 0.29) is 5.82 Å². The zero-order valence-electron chi connectivity index (χ0n) is 11.7. The average molecular weight is 281 g/mol. The number of fused-ring (bicyclic) bond motifs is 1. The second kappa shape index (κ2) is 4.95. The van der Waals surface area contributed by atoms with Crippen molar-refractivity contribution >= 4 is 10.8 Å². The molecule has 106 valence electrons. The first-order valence-corrected chi connectivity index (χ1v) is 7.41. The lowest BCUT2D eigenvalue weighted by atomic mass is 10.1. The van der Waals surface area contributed by atoms with Crippen LogP contribution in [-0.2, 0) is 0 Å². The van der Waals surface area contributed by atoms with Crippen LogP contribution in [0.2, 0.25) is 0 Å². The highest BCUT2D eigenvalue weighted by Gasteiger charge is 2.19. The third kappa shape index (κ3) is 2.11. The fourth-order valence-corrected chi connectivity index (χ4v) is 3.18. The average Bonchev–Trinajstić information content (AvgIpc) is 3.19. The predicted molar refractivity (Wildman–Crippen MR) is 80.4 cm³/mol. The molecule has 1 fully saturated rings. The molecule has 0 atom stereocenters. The molecule has 2 heterocycles. The highest BCUT2D eigenvalue weighted by Crippen LogP contribution is 2.31. The summed E-state index contributed by atoms with van der Waals surface area (Å²) in [6.45, 7) is 0. The first kappa shape index (κ1) is 12.5. The van der Waals surface area contributed by atoms with E-state index in [0.29, 0.717) is 22.7 Å². The fourth-order valence-electron chi connectivity index (χ4n) is 3.18. The number of halogens is 1. The maximum absolute atomic E-state index is 14.7. The first-order chi connectivity index (χ1) is 10.3. The van der Waals surface area contributed by atoms with Gasteiger partial charge in [-0.2, -0.15) is 5.10 Å². The highest BCUT2D eigenvalue weighted by molar-refractivity contribution is 5.86. The summed E-state index contributed by atoms with van der Waals surface area (Å²) in [5.74, 6) is -0.216. The topological polar surface area (TPSA) is 30.7 Å². The van der Waals surface area contributed by atoms with Gasteiger partial charge in [-0.1, -0.05) is 18.9 Å². The number of benzene rings is 1. The number of nitrogens with zero attached hydrogens (tertiary/aromatic N) is 3. The van der Waals surface area contributed by atoms with Crippen molar-refractivity contribution < 1.29 is 4.39 Å². The van der Waals surface area contributed by atoms with E-state index in [1.807, 2.05) is 23.0 Å². The van der Waals surface area contributed by atoms with E-state index in [1.54, 1.807) is 24.5 Å². The molecule has 1 aromatic carbocycles. The van der Waals surface area contributed by atoms with Crippen LogP contribution in [0, 0.1) is 5.82 Å². The molecule has 2 aromatic heterocycles. The number of hydrogen-bond acceptors (Lipinski definition) is 2. The van der Waals surface area contributed by atoms with Crippen molar-refractivity contribution in [2.75, 3.05) is 0 Å². The van der Waals surface area contributed by atoms with Crippen LogP contribution in [-0.4, -0.2) is 14.8 Å². The van der Waals surface area contributed by atoms with Gasteiger partial charge in [-0.25, -0.2) is 4.39 Å². The Bertz CT molecular complexity index is 788. The van der Waals surface area contributed by atoms with Crippen molar-refractivity contribution in [2.24, 2.45) is 0 Å². The lowest BCUT2D eigenvalue weighted by Crippen LogP contribution is -2.05. The van der Waals surface area contributed by atoms with Crippen molar-refractivity contribution in [3.63, 3.8) is 0 Å². The maximum Gasteiger partial charge on any atom is 0.140 e. The normalized spacial score (nSPS) is 15.9. The molecule has 1 saturated carbocycles. The van der Waals surface area contributed by atoms with Crippen LogP contribution in [0.15, 0.2) is 42.9 Å². The van der Waals surface area contributed by atoms with Gasteiger partial charge in [0.2, 0.25) is 0 Å². The third-order valence-corrected chi connectivity index (χ3v) is 4.34. The molecular weight excluding hydrogens is 265 g/mol. The second-order valence-corrected chi connectivity index (χ2v) is 5.64. The predicted octanol–water partition coefficient (Wildman–Crippen LogP) is 4.35. The molecule has 0 aliphatic heterocycles. The number of hydrogen-bond donors (Lipinski definition) is 0. The Morgan fingerprint density at radius 1 is 1.10 bits per heavy atom. The minimum atomic E-state index is -0.216. The quantitative estimate of drug-likeness (QED) is 0.699. The lowest BCUT2D eigenvalue weighted by molar-refractivity contribution is 0.468. The van der Waals surface area contributed by atoms with Gasteiger partial charge in [0.05, 0.1) is 11.7 Å². The summed E-state index contributed by atoms with van der Waals surface area (Å²) in [5.41, 5.74) is 1.27. The largest absolute Gasteiger partial charge is 0.269 e. The molecule has 0 N–H and O–H groups in total. The van der Waals surface area contributed by atoms with E-state index in [2.05, 4.69) is 10.1 Å². The monoisotopic (exact) mass is 281 g/mol. The highest BCUT2D eigenvalue weighted by atomic mass is 19.1. The van der Waals surface area contributed by atoms with E-state index >= 15 is 0 Å². The Labute approximate surface area is 122 Å². The zero-order chi connectivity index (χ0) is 14.2. The van der Waals surface area contributed by atoms with Crippen molar-refractivity contribution in [1.82, 2.24) is 14.8 Å². The summed E-state index contributed by atoms with van der Waals surface area (Å²) in [4.78, 5) is 4.03. The van der Waals surface area contributed by atoms with Crippen LogP contribution in [0.3, 0.4) is 0 Å². The SMILES string of the molecule is Fc1c(-c2ccn(C3CCCC3)n2)ccc2cnccc12. The van der Waals surface area contributed by atoms with Gasteiger partial charge in [0.1, 0.15) is 5.82 Å². The molecule has 0 saturated heterocycles. The van der Waals surface area contributed by atoms with Crippen LogP contribution in [0.25, 0.3) is 22.0 Å². The van der Waals surface area contributed by atoms with Crippen molar-refractivity contribution in [2.45, 2.75) is 31.7 Å². The Morgan fingerprint density at radius 2 is 1.95 bits per heavy atom. The van der Waals surface area contributed by atoms with Crippen LogP contribution in [0.1, 0.15) is 31.7 Å². The minimum absolute atomic E-state index is 0.216. The zero-order valence-corrected chi connectivity index (χ0v) is 11.7. The summed E-state index contributed by atoms with van der Waals surface area (Å²) >= 11 is 0. The summed E-state index contributed by atoms with van der Waals surface area (Å²) in [7, 11) is 0. The molecule has 3 aromatic rings. The Morgan fingerprint density at radius 3 is 2.81 bits per heavy atom. The van der Waals surface area contributed by atoms with Gasteiger partial charge in [-0.3, -0.25) is 9.67 Å². The maximum atomic E-state index is 14.7.